The maximum absolute atomic E-state index is 6.05. The predicted octanol–water partition coefficient (Wildman–Crippen LogP) is 2.72. The Labute approximate surface area is 92.4 Å². The van der Waals surface area contributed by atoms with Crippen LogP contribution in [-0.2, 0) is 0 Å². The average Bonchev–Trinajstić information content (AvgIpc) is 2.26. The zero-order valence-electron chi connectivity index (χ0n) is 9.61. The van der Waals surface area contributed by atoms with E-state index in [-0.39, 0.29) is 6.04 Å². The molecule has 2 N–H and O–H groups in total. The van der Waals surface area contributed by atoms with E-state index in [1.807, 2.05) is 20.2 Å². The molecule has 0 bridgehead atoms. The molecule has 2 nitrogen and oxygen atoms in total. The van der Waals surface area contributed by atoms with Crippen LogP contribution in [0.4, 0.5) is 5.69 Å². The van der Waals surface area contributed by atoms with Gasteiger partial charge in [0, 0.05) is 25.8 Å². The summed E-state index contributed by atoms with van der Waals surface area (Å²) in [6.45, 7) is 3.70. The first-order valence-corrected chi connectivity index (χ1v) is 5.29. The Morgan fingerprint density at radius 3 is 2.40 bits per heavy atom. The van der Waals surface area contributed by atoms with E-state index < -0.39 is 0 Å². The van der Waals surface area contributed by atoms with Crippen LogP contribution < -0.4 is 10.6 Å². The van der Waals surface area contributed by atoms with Crippen LogP contribution in [0.5, 0.6) is 0 Å². The highest BCUT2D eigenvalue weighted by molar-refractivity contribution is 5.46. The molecular formula is C13H20N2. The Morgan fingerprint density at radius 2 is 1.93 bits per heavy atom. The summed E-state index contributed by atoms with van der Waals surface area (Å²) in [4.78, 5) is 2.08. The zero-order chi connectivity index (χ0) is 11.3. The number of hydrogen-bond donors (Lipinski definition) is 1. The van der Waals surface area contributed by atoms with Gasteiger partial charge in [-0.1, -0.05) is 18.2 Å². The van der Waals surface area contributed by atoms with Crippen molar-refractivity contribution in [2.45, 2.75) is 18.9 Å². The summed E-state index contributed by atoms with van der Waals surface area (Å²) in [6.07, 6.45) is 3.84. The number of allylic oxidation sites excluding steroid dienone is 1. The Bertz CT molecular complexity index is 301. The molecule has 0 fully saturated rings. The molecule has 0 amide bonds. The van der Waals surface area contributed by atoms with Crippen molar-refractivity contribution in [3.63, 3.8) is 0 Å². The summed E-state index contributed by atoms with van der Waals surface area (Å²) < 4.78 is 0. The lowest BCUT2D eigenvalue weighted by atomic mass is 10.0. The first-order valence-electron chi connectivity index (χ1n) is 5.29. The third kappa shape index (κ3) is 3.40. The minimum absolute atomic E-state index is 0.124. The third-order valence-electron chi connectivity index (χ3n) is 2.52. The van der Waals surface area contributed by atoms with Gasteiger partial charge in [-0.05, 0) is 30.5 Å². The fraction of sp³-hybridized carbons (Fsp3) is 0.385. The van der Waals surface area contributed by atoms with Crippen molar-refractivity contribution in [1.29, 1.82) is 0 Å². The number of nitrogens with zero attached hydrogens (tertiary/aromatic N) is 1. The van der Waals surface area contributed by atoms with Crippen LogP contribution in [0, 0.1) is 0 Å². The van der Waals surface area contributed by atoms with Crippen molar-refractivity contribution >= 4 is 5.69 Å². The lowest BCUT2D eigenvalue weighted by Gasteiger charge is -2.15. The first kappa shape index (κ1) is 11.8. The fourth-order valence-corrected chi connectivity index (χ4v) is 1.48. The van der Waals surface area contributed by atoms with Gasteiger partial charge in [0.15, 0.2) is 0 Å². The molecule has 0 aliphatic rings. The molecule has 0 spiro atoms. The molecule has 82 valence electrons. The van der Waals surface area contributed by atoms with E-state index in [2.05, 4.69) is 35.7 Å². The van der Waals surface area contributed by atoms with Gasteiger partial charge in [-0.25, -0.2) is 0 Å². The predicted molar refractivity (Wildman–Crippen MR) is 67.1 cm³/mol. The second-order valence-corrected chi connectivity index (χ2v) is 3.96. The van der Waals surface area contributed by atoms with Crippen molar-refractivity contribution in [3.05, 3.63) is 42.5 Å². The molecule has 0 saturated heterocycles. The van der Waals surface area contributed by atoms with Crippen molar-refractivity contribution in [2.75, 3.05) is 19.0 Å². The van der Waals surface area contributed by atoms with Gasteiger partial charge < -0.3 is 10.6 Å². The smallest absolute Gasteiger partial charge is 0.0361 e. The number of nitrogens with two attached hydrogens (primary N) is 1. The molecule has 1 atom stereocenters. The molecule has 1 aromatic rings. The van der Waals surface area contributed by atoms with Crippen LogP contribution in [0.3, 0.4) is 0 Å². The molecule has 0 aliphatic heterocycles. The van der Waals surface area contributed by atoms with Crippen LogP contribution in [0.1, 0.15) is 24.4 Å². The van der Waals surface area contributed by atoms with Crippen molar-refractivity contribution < 1.29 is 0 Å². The van der Waals surface area contributed by atoms with Crippen LogP contribution in [0.2, 0.25) is 0 Å². The third-order valence-corrected chi connectivity index (χ3v) is 2.52. The lowest BCUT2D eigenvalue weighted by molar-refractivity contribution is 0.661. The second kappa shape index (κ2) is 5.56. The molecule has 2 heteroatoms. The van der Waals surface area contributed by atoms with Gasteiger partial charge in [0.05, 0.1) is 0 Å². The van der Waals surface area contributed by atoms with E-state index in [1.54, 1.807) is 0 Å². The van der Waals surface area contributed by atoms with E-state index in [4.69, 9.17) is 5.73 Å². The van der Waals surface area contributed by atoms with Gasteiger partial charge in [-0.3, -0.25) is 0 Å². The van der Waals surface area contributed by atoms with Crippen molar-refractivity contribution in [3.8, 4) is 0 Å². The standard InChI is InChI=1S/C13H20N2/c1-4-5-6-13(14)11-7-9-12(10-8-11)15(2)3/h4,7-10,13H,1,5-6,14H2,2-3H3. The summed E-state index contributed by atoms with van der Waals surface area (Å²) in [5, 5.41) is 0. The highest BCUT2D eigenvalue weighted by atomic mass is 15.1. The molecule has 0 aromatic heterocycles. The topological polar surface area (TPSA) is 29.3 Å². The highest BCUT2D eigenvalue weighted by Crippen LogP contribution is 2.19. The van der Waals surface area contributed by atoms with Gasteiger partial charge >= 0.3 is 0 Å². The van der Waals surface area contributed by atoms with E-state index in [1.165, 1.54) is 11.3 Å². The summed E-state index contributed by atoms with van der Waals surface area (Å²) >= 11 is 0. The molecule has 1 aromatic carbocycles. The van der Waals surface area contributed by atoms with Gasteiger partial charge in [-0.2, -0.15) is 0 Å². The summed E-state index contributed by atoms with van der Waals surface area (Å²) in [7, 11) is 4.07. The van der Waals surface area contributed by atoms with E-state index in [9.17, 15) is 0 Å². The number of rotatable bonds is 5. The fourth-order valence-electron chi connectivity index (χ4n) is 1.48. The van der Waals surface area contributed by atoms with Crippen LogP contribution in [-0.4, -0.2) is 14.1 Å². The summed E-state index contributed by atoms with van der Waals surface area (Å²) in [6, 6.07) is 8.53. The molecule has 1 rings (SSSR count). The maximum atomic E-state index is 6.05. The van der Waals surface area contributed by atoms with E-state index >= 15 is 0 Å². The molecule has 1 unspecified atom stereocenters. The van der Waals surface area contributed by atoms with Crippen molar-refractivity contribution in [2.24, 2.45) is 5.73 Å². The highest BCUT2D eigenvalue weighted by Gasteiger charge is 2.04. The van der Waals surface area contributed by atoms with E-state index in [0.717, 1.165) is 12.8 Å². The van der Waals surface area contributed by atoms with Crippen LogP contribution >= 0.6 is 0 Å². The number of benzene rings is 1. The number of hydrogen-bond acceptors (Lipinski definition) is 2. The van der Waals surface area contributed by atoms with Gasteiger partial charge in [0.1, 0.15) is 0 Å². The Morgan fingerprint density at radius 1 is 1.33 bits per heavy atom. The zero-order valence-corrected chi connectivity index (χ0v) is 9.61. The Kier molecular flexibility index (Phi) is 4.37. The molecule has 0 aliphatic carbocycles. The van der Waals surface area contributed by atoms with Gasteiger partial charge in [0.25, 0.3) is 0 Å². The monoisotopic (exact) mass is 204 g/mol. The molecule has 15 heavy (non-hydrogen) atoms. The van der Waals surface area contributed by atoms with Gasteiger partial charge in [0.2, 0.25) is 0 Å². The summed E-state index contributed by atoms with van der Waals surface area (Å²) in [5.41, 5.74) is 8.45. The Balaban J connectivity index is 2.66. The largest absolute Gasteiger partial charge is 0.378 e. The molecular weight excluding hydrogens is 184 g/mol. The average molecular weight is 204 g/mol. The van der Waals surface area contributed by atoms with Crippen molar-refractivity contribution in [1.82, 2.24) is 0 Å². The van der Waals surface area contributed by atoms with Gasteiger partial charge in [-0.15, -0.1) is 6.58 Å². The lowest BCUT2D eigenvalue weighted by Crippen LogP contribution is -2.11. The second-order valence-electron chi connectivity index (χ2n) is 3.96. The molecule has 0 saturated carbocycles. The minimum atomic E-state index is 0.124. The quantitative estimate of drug-likeness (QED) is 0.747. The van der Waals surface area contributed by atoms with Crippen LogP contribution in [0.25, 0.3) is 0 Å². The molecule has 0 heterocycles. The maximum Gasteiger partial charge on any atom is 0.0361 e. The SMILES string of the molecule is C=CCCC(N)c1ccc(N(C)C)cc1. The van der Waals surface area contributed by atoms with E-state index in [0.29, 0.717) is 0 Å². The van der Waals surface area contributed by atoms with Crippen LogP contribution in [0.15, 0.2) is 36.9 Å². The normalized spacial score (nSPS) is 12.2. The molecule has 0 radical (unpaired) electrons. The number of anilines is 1. The Hall–Kier alpha value is -1.28. The minimum Gasteiger partial charge on any atom is -0.378 e. The first-order chi connectivity index (χ1) is 7.15. The summed E-state index contributed by atoms with van der Waals surface area (Å²) in [5.74, 6) is 0.